The van der Waals surface area contributed by atoms with Gasteiger partial charge in [-0.05, 0) is 47.9 Å². The average Bonchev–Trinajstić information content (AvgIpc) is 3.16. The van der Waals surface area contributed by atoms with E-state index < -0.39 is 41.9 Å². The Hall–Kier alpha value is -5.66. The zero-order valence-electron chi connectivity index (χ0n) is 29.5. The molecule has 0 fully saturated rings. The third kappa shape index (κ3) is 14.1. The van der Waals surface area contributed by atoms with Crippen LogP contribution in [0.3, 0.4) is 0 Å². The van der Waals surface area contributed by atoms with E-state index in [1.165, 1.54) is 11.9 Å². The number of nitrogens with one attached hydrogen (secondary N) is 4. The van der Waals surface area contributed by atoms with Crippen molar-refractivity contribution in [2.45, 2.75) is 62.0 Å². The summed E-state index contributed by atoms with van der Waals surface area (Å²) in [5.74, 6) is -1.70. The third-order valence-corrected chi connectivity index (χ3v) is 9.28. The second kappa shape index (κ2) is 21.6. The monoisotopic (exact) mass is 736 g/mol. The molecule has 12 nitrogen and oxygen atoms in total. The van der Waals surface area contributed by atoms with Crippen LogP contribution in [0.4, 0.5) is 0 Å². The van der Waals surface area contributed by atoms with Crippen molar-refractivity contribution < 1.29 is 19.2 Å². The number of primary amides is 1. The van der Waals surface area contributed by atoms with Gasteiger partial charge in [-0.1, -0.05) is 133 Å². The van der Waals surface area contributed by atoms with Crippen molar-refractivity contribution in [2.24, 2.45) is 22.2 Å². The van der Waals surface area contributed by atoms with Gasteiger partial charge in [0.2, 0.25) is 23.6 Å². The highest BCUT2D eigenvalue weighted by atomic mass is 32.2. The molecule has 0 radical (unpaired) electrons. The zero-order chi connectivity index (χ0) is 37.8. The van der Waals surface area contributed by atoms with Crippen LogP contribution < -0.4 is 37.9 Å². The number of hydrogen-bond donors (Lipinski definition) is 7. The maximum Gasteiger partial charge on any atom is 0.244 e. The average molecular weight is 737 g/mol. The molecule has 0 aliphatic heterocycles. The van der Waals surface area contributed by atoms with Crippen LogP contribution in [0.1, 0.15) is 47.6 Å². The molecule has 278 valence electrons. The molecule has 0 saturated heterocycles. The van der Waals surface area contributed by atoms with E-state index in [2.05, 4.69) is 25.7 Å². The van der Waals surface area contributed by atoms with Gasteiger partial charge < -0.3 is 33.2 Å². The number of nitrogens with two attached hydrogens (primary N) is 3. The molecule has 0 aromatic heterocycles. The van der Waals surface area contributed by atoms with Gasteiger partial charge in [0, 0.05) is 18.7 Å². The van der Waals surface area contributed by atoms with Gasteiger partial charge in [0.15, 0.2) is 5.96 Å². The fraction of sp³-hybridized carbons (Fsp3) is 0.275. The molecule has 4 rings (SSSR count). The van der Waals surface area contributed by atoms with E-state index in [1.807, 2.05) is 91.0 Å². The van der Waals surface area contributed by atoms with Crippen molar-refractivity contribution >= 4 is 41.5 Å². The number of amides is 4. The minimum absolute atomic E-state index is 0.0437. The van der Waals surface area contributed by atoms with Gasteiger partial charge >= 0.3 is 0 Å². The Morgan fingerprint density at radius 1 is 0.566 bits per heavy atom. The second-order valence-electron chi connectivity index (χ2n) is 12.5. The lowest BCUT2D eigenvalue weighted by Crippen LogP contribution is -2.57. The predicted octanol–water partition coefficient (Wildman–Crippen LogP) is 3.03. The van der Waals surface area contributed by atoms with Crippen LogP contribution in [0.15, 0.2) is 126 Å². The van der Waals surface area contributed by atoms with Gasteiger partial charge in [-0.3, -0.25) is 28.9 Å². The summed E-state index contributed by atoms with van der Waals surface area (Å²) in [4.78, 5) is 58.5. The number of aliphatic imine (C=N–C) groups is 1. The van der Waals surface area contributed by atoms with E-state index in [-0.39, 0.29) is 24.7 Å². The summed E-state index contributed by atoms with van der Waals surface area (Å²) in [5, 5.41) is 8.55. The van der Waals surface area contributed by atoms with Crippen molar-refractivity contribution in [3.63, 3.8) is 0 Å². The van der Waals surface area contributed by atoms with Crippen LogP contribution in [-0.4, -0.2) is 54.3 Å². The molecule has 0 bridgehead atoms. The van der Waals surface area contributed by atoms with Gasteiger partial charge in [0.05, 0.1) is 6.04 Å². The van der Waals surface area contributed by atoms with E-state index in [0.717, 1.165) is 16.7 Å². The highest BCUT2D eigenvalue weighted by molar-refractivity contribution is 7.96. The van der Waals surface area contributed by atoms with E-state index in [0.29, 0.717) is 37.1 Å². The van der Waals surface area contributed by atoms with E-state index in [1.54, 1.807) is 30.3 Å². The SMILES string of the molecule is NC(=O)[C@@H](NC(=O)C(CCCCN=C(N)N)NC(=O)[C@H](Cc1ccccc1)NC(=O)[C@@H](Cc1ccccc1)NSCc1ccccc1)c1ccccc1. The Morgan fingerprint density at radius 3 is 1.58 bits per heavy atom. The topological polar surface area (TPSA) is 207 Å². The molecule has 4 aromatic rings. The van der Waals surface area contributed by atoms with Crippen molar-refractivity contribution in [1.82, 2.24) is 20.7 Å². The molecule has 4 atom stereocenters. The number of hydrogen-bond acceptors (Lipinski definition) is 7. The summed E-state index contributed by atoms with van der Waals surface area (Å²) in [6, 6.07) is 33.5. The van der Waals surface area contributed by atoms with Crippen LogP contribution in [0.5, 0.6) is 0 Å². The fourth-order valence-electron chi connectivity index (χ4n) is 5.59. The number of benzene rings is 4. The Kier molecular flexibility index (Phi) is 16.4. The molecule has 0 aliphatic carbocycles. The smallest absolute Gasteiger partial charge is 0.244 e. The zero-order valence-corrected chi connectivity index (χ0v) is 30.3. The van der Waals surface area contributed by atoms with Gasteiger partial charge in [-0.2, -0.15) is 0 Å². The lowest BCUT2D eigenvalue weighted by Gasteiger charge is -2.26. The first-order valence-corrected chi connectivity index (χ1v) is 18.5. The first-order valence-electron chi connectivity index (χ1n) is 17.5. The number of nitrogens with zero attached hydrogens (tertiary/aromatic N) is 1. The van der Waals surface area contributed by atoms with Gasteiger partial charge in [-0.15, -0.1) is 0 Å². The van der Waals surface area contributed by atoms with Crippen LogP contribution in [0.25, 0.3) is 0 Å². The normalized spacial score (nSPS) is 13.1. The van der Waals surface area contributed by atoms with Crippen LogP contribution in [-0.2, 0) is 37.8 Å². The minimum Gasteiger partial charge on any atom is -0.370 e. The predicted molar refractivity (Wildman–Crippen MR) is 210 cm³/mol. The molecule has 4 aromatic carbocycles. The van der Waals surface area contributed by atoms with Gasteiger partial charge in [-0.25, -0.2) is 0 Å². The first kappa shape index (κ1) is 40.1. The number of guanidine groups is 1. The molecule has 53 heavy (non-hydrogen) atoms. The molecular formula is C40H48N8O4S. The highest BCUT2D eigenvalue weighted by Crippen LogP contribution is 2.15. The molecule has 4 amide bonds. The van der Waals surface area contributed by atoms with E-state index in [4.69, 9.17) is 17.2 Å². The summed E-state index contributed by atoms with van der Waals surface area (Å²) in [7, 11) is 0. The Morgan fingerprint density at radius 2 is 1.04 bits per heavy atom. The molecule has 1 unspecified atom stereocenters. The van der Waals surface area contributed by atoms with Crippen LogP contribution in [0, 0.1) is 0 Å². The third-order valence-electron chi connectivity index (χ3n) is 8.35. The Bertz CT molecular complexity index is 1760. The van der Waals surface area contributed by atoms with Crippen molar-refractivity contribution in [3.8, 4) is 0 Å². The van der Waals surface area contributed by atoms with E-state index >= 15 is 0 Å². The number of unbranched alkanes of at least 4 members (excludes halogenated alkanes) is 1. The highest BCUT2D eigenvalue weighted by Gasteiger charge is 2.31. The minimum atomic E-state index is -1.12. The Balaban J connectivity index is 1.55. The quantitative estimate of drug-likeness (QED) is 0.0292. The molecule has 0 heterocycles. The number of rotatable bonds is 21. The summed E-state index contributed by atoms with van der Waals surface area (Å²) in [5.41, 5.74) is 20.0. The number of carbonyl (C=O) groups excluding carboxylic acids is 4. The largest absolute Gasteiger partial charge is 0.370 e. The Labute approximate surface area is 314 Å². The number of carbonyl (C=O) groups is 4. The van der Waals surface area contributed by atoms with Crippen molar-refractivity contribution in [3.05, 3.63) is 144 Å². The standard InChI is InChI=1S/C40H48N8O4S/c41-36(49)35(31-21-11-4-12-22-31)47-37(50)32(23-13-14-24-44-40(42)43)45-38(51)33(25-28-15-5-1-6-16-28)46-39(52)34(26-29-17-7-2-8-18-29)48-53-27-30-19-9-3-10-20-30/h1-12,15-22,32-35,48H,13-14,23-27H2,(H2,41,49)(H,45,51)(H,46,52)(H,47,50)(H4,42,43,44)/t32?,33-,34+,35-/m0/s1. The van der Waals surface area contributed by atoms with Crippen LogP contribution in [0.2, 0.25) is 0 Å². The molecule has 10 N–H and O–H groups in total. The second-order valence-corrected chi connectivity index (χ2v) is 13.3. The molecule has 13 heteroatoms. The molecule has 0 spiro atoms. The summed E-state index contributed by atoms with van der Waals surface area (Å²) < 4.78 is 3.32. The van der Waals surface area contributed by atoms with Gasteiger partial charge in [0.1, 0.15) is 18.1 Å². The summed E-state index contributed by atoms with van der Waals surface area (Å²) in [6.45, 7) is 0.337. The summed E-state index contributed by atoms with van der Waals surface area (Å²) >= 11 is 1.41. The summed E-state index contributed by atoms with van der Waals surface area (Å²) in [6.07, 6.45) is 1.76. The van der Waals surface area contributed by atoms with Crippen molar-refractivity contribution in [1.29, 1.82) is 0 Å². The van der Waals surface area contributed by atoms with Gasteiger partial charge in [0.25, 0.3) is 0 Å². The molecular weight excluding hydrogens is 689 g/mol. The van der Waals surface area contributed by atoms with E-state index in [9.17, 15) is 19.2 Å². The lowest BCUT2D eigenvalue weighted by atomic mass is 10.0. The maximum absolute atomic E-state index is 14.2. The molecule has 0 aliphatic rings. The fourth-order valence-corrected chi connectivity index (χ4v) is 6.42. The van der Waals surface area contributed by atoms with Crippen molar-refractivity contribution in [2.75, 3.05) is 6.54 Å². The van der Waals surface area contributed by atoms with Crippen LogP contribution >= 0.6 is 11.9 Å². The lowest BCUT2D eigenvalue weighted by molar-refractivity contribution is -0.133. The molecule has 0 saturated carbocycles. The first-order chi connectivity index (χ1) is 25.7. The maximum atomic E-state index is 14.2.